The van der Waals surface area contributed by atoms with E-state index in [0.29, 0.717) is 85.5 Å². The third-order valence-electron chi connectivity index (χ3n) is 4.52. The number of rotatable bonds is 24. The molecule has 202 valence electrons. The third kappa shape index (κ3) is 15.6. The molecule has 0 heterocycles. The van der Waals surface area contributed by atoms with E-state index in [1.165, 1.54) is 0 Å². The minimum Gasteiger partial charge on any atom is -0.378 e. The molecule has 0 fully saturated rings. The van der Waals surface area contributed by atoms with Gasteiger partial charge in [0.2, 0.25) is 0 Å². The maximum Gasteiger partial charge on any atom is 0.259 e. The van der Waals surface area contributed by atoms with Crippen LogP contribution in [0.15, 0.2) is 0 Å². The van der Waals surface area contributed by atoms with Crippen molar-refractivity contribution in [3.63, 3.8) is 0 Å². The average molecular weight is 510 g/mol. The van der Waals surface area contributed by atoms with Gasteiger partial charge in [0.25, 0.3) is 8.53 Å². The molecule has 0 N–H and O–H groups in total. The molecule has 1 unspecified atom stereocenters. The third-order valence-corrected chi connectivity index (χ3v) is 6.63. The highest BCUT2D eigenvalue weighted by Crippen LogP contribution is 2.46. The van der Waals surface area contributed by atoms with Crippen molar-refractivity contribution in [1.29, 1.82) is 5.26 Å². The van der Waals surface area contributed by atoms with Gasteiger partial charge < -0.3 is 28.0 Å². The Morgan fingerprint density at radius 3 is 1.85 bits per heavy atom. The van der Waals surface area contributed by atoms with Gasteiger partial charge in [-0.2, -0.15) is 5.26 Å². The first-order valence-corrected chi connectivity index (χ1v) is 13.5. The van der Waals surface area contributed by atoms with E-state index in [4.69, 9.17) is 37.4 Å². The van der Waals surface area contributed by atoms with Crippen LogP contribution < -0.4 is 0 Å². The molecule has 0 aromatic heterocycles. The lowest BCUT2D eigenvalue weighted by atomic mass is 10.1. The molecule has 0 saturated heterocycles. The number of nitrogens with zero attached hydrogens (tertiary/aromatic N) is 2. The Balaban J connectivity index is 4.93. The van der Waals surface area contributed by atoms with Gasteiger partial charge in [0.05, 0.1) is 45.5 Å². The van der Waals surface area contributed by atoms with Crippen LogP contribution in [0.3, 0.4) is 0 Å². The molecule has 0 amide bonds. The maximum absolute atomic E-state index is 8.86. The lowest BCUT2D eigenvalue weighted by Gasteiger charge is -2.35. The van der Waals surface area contributed by atoms with Crippen LogP contribution in [-0.4, -0.2) is 81.8 Å². The molecule has 0 rings (SSSR count). The lowest BCUT2D eigenvalue weighted by molar-refractivity contribution is -0.166. The predicted octanol–water partition coefficient (Wildman–Crippen LogP) is 5.70. The number of hydrogen-bond donors (Lipinski definition) is 0. The van der Waals surface area contributed by atoms with Gasteiger partial charge in [-0.3, -0.25) is 0 Å². The summed E-state index contributed by atoms with van der Waals surface area (Å²) in [6, 6.07) is 2.60. The van der Waals surface area contributed by atoms with Crippen molar-refractivity contribution in [2.45, 2.75) is 98.2 Å². The normalized spacial score (nSPS) is 14.4. The summed E-state index contributed by atoms with van der Waals surface area (Å²) >= 11 is 0. The molecule has 0 aromatic carbocycles. The molecule has 1 atom stereocenters. The molecule has 0 spiro atoms. The van der Waals surface area contributed by atoms with Gasteiger partial charge in [0, 0.05) is 42.6 Å². The molecular formula is C25H51N2O6P. The van der Waals surface area contributed by atoms with Crippen LogP contribution in [0.2, 0.25) is 0 Å². The second-order valence-electron chi connectivity index (χ2n) is 8.48. The second kappa shape index (κ2) is 21.9. The zero-order valence-corrected chi connectivity index (χ0v) is 22.9. The van der Waals surface area contributed by atoms with E-state index in [2.05, 4.69) is 38.4 Å². The molecule has 8 nitrogen and oxygen atoms in total. The molecule has 34 heavy (non-hydrogen) atoms. The van der Waals surface area contributed by atoms with Crippen LogP contribution in [0.4, 0.5) is 0 Å². The van der Waals surface area contributed by atoms with Gasteiger partial charge in [-0.25, -0.2) is 4.67 Å². The molecule has 0 aliphatic rings. The molecule has 0 radical (unpaired) electrons. The van der Waals surface area contributed by atoms with E-state index in [-0.39, 0.29) is 38.8 Å². The fourth-order valence-corrected chi connectivity index (χ4v) is 4.76. The van der Waals surface area contributed by atoms with Crippen molar-refractivity contribution in [3.05, 3.63) is 0 Å². The quantitative estimate of drug-likeness (QED) is 0.121. The van der Waals surface area contributed by atoms with Crippen LogP contribution >= 0.6 is 8.53 Å². The van der Waals surface area contributed by atoms with E-state index in [0.717, 1.165) is 0 Å². The van der Waals surface area contributed by atoms with Crippen molar-refractivity contribution in [2.75, 3.05) is 59.5 Å². The van der Waals surface area contributed by atoms with Crippen molar-refractivity contribution in [2.24, 2.45) is 0 Å². The fourth-order valence-electron chi connectivity index (χ4n) is 3.13. The van der Waals surface area contributed by atoms with E-state index in [1.807, 2.05) is 0 Å². The Morgan fingerprint density at radius 1 is 0.794 bits per heavy atom. The van der Waals surface area contributed by atoms with Gasteiger partial charge in [-0.1, -0.05) is 20.7 Å². The van der Waals surface area contributed by atoms with E-state index < -0.39 is 14.1 Å². The molecule has 0 saturated carbocycles. The number of ether oxygens (including phenoxy) is 4. The Kier molecular flexibility index (Phi) is 18.2. The molecule has 0 aromatic rings. The summed E-state index contributed by atoms with van der Waals surface area (Å²) in [6.07, 6.45) is 2.87. The Bertz CT molecular complexity index is 541. The Hall–Kier alpha value is -0.360. The highest BCUT2D eigenvalue weighted by atomic mass is 31.2. The second-order valence-corrected chi connectivity index (χ2v) is 9.94. The predicted molar refractivity (Wildman–Crippen MR) is 138 cm³/mol. The SMILES string of the molecule is [2H]CCCOCC(COCCC[2H])(COCCCOP(OCCC#N)N(C(C)C)C(C)C)OCCC[2H]. The Morgan fingerprint density at radius 2 is 1.32 bits per heavy atom. The van der Waals surface area contributed by atoms with E-state index >= 15 is 0 Å². The first kappa shape index (κ1) is 28.2. The van der Waals surface area contributed by atoms with Crippen LogP contribution in [-0.2, 0) is 28.0 Å². The van der Waals surface area contributed by atoms with Crippen molar-refractivity contribution in [1.82, 2.24) is 4.67 Å². The molecule has 9 heteroatoms. The monoisotopic (exact) mass is 509 g/mol. The molecule has 0 bridgehead atoms. The zero-order chi connectivity index (χ0) is 27.8. The smallest absolute Gasteiger partial charge is 0.259 e. The van der Waals surface area contributed by atoms with E-state index in [9.17, 15) is 0 Å². The van der Waals surface area contributed by atoms with Crippen LogP contribution in [0.1, 0.15) is 84.6 Å². The number of hydrogen-bond acceptors (Lipinski definition) is 8. The average Bonchev–Trinajstić information content (AvgIpc) is 2.86. The van der Waals surface area contributed by atoms with Gasteiger partial charge in [0.15, 0.2) is 0 Å². The maximum atomic E-state index is 8.86. The Labute approximate surface area is 214 Å². The first-order valence-electron chi connectivity index (χ1n) is 14.5. The van der Waals surface area contributed by atoms with Gasteiger partial charge in [-0.15, -0.1) is 0 Å². The van der Waals surface area contributed by atoms with Gasteiger partial charge in [-0.05, 0) is 53.4 Å². The van der Waals surface area contributed by atoms with Gasteiger partial charge in [0.1, 0.15) is 5.60 Å². The summed E-state index contributed by atoms with van der Waals surface area (Å²) in [7, 11) is -1.28. The summed E-state index contributed by atoms with van der Waals surface area (Å²) in [4.78, 5) is 0. The first-order chi connectivity index (χ1) is 17.9. The molecule has 0 aliphatic carbocycles. The van der Waals surface area contributed by atoms with Crippen molar-refractivity contribution >= 4 is 8.53 Å². The molecular weight excluding hydrogens is 455 g/mol. The highest BCUT2D eigenvalue weighted by Gasteiger charge is 2.33. The minimum atomic E-state index is -1.28. The minimum absolute atomic E-state index is 0.246. The van der Waals surface area contributed by atoms with Crippen LogP contribution in [0.5, 0.6) is 0 Å². The van der Waals surface area contributed by atoms with Crippen LogP contribution in [0.25, 0.3) is 0 Å². The summed E-state index contributed by atoms with van der Waals surface area (Å²) in [6.45, 7) is 12.7. The van der Waals surface area contributed by atoms with Crippen molar-refractivity contribution < 1.29 is 32.1 Å². The highest BCUT2D eigenvalue weighted by molar-refractivity contribution is 7.44. The summed E-state index contributed by atoms with van der Waals surface area (Å²) in [5.41, 5.74) is -0.806. The number of nitriles is 1. The summed E-state index contributed by atoms with van der Waals surface area (Å²) in [5.74, 6) is 0. The zero-order valence-electron chi connectivity index (χ0n) is 25.0. The van der Waals surface area contributed by atoms with E-state index in [1.54, 1.807) is 0 Å². The molecule has 0 aliphatic heterocycles. The topological polar surface area (TPSA) is 82.4 Å². The van der Waals surface area contributed by atoms with Crippen LogP contribution in [0, 0.1) is 11.3 Å². The lowest BCUT2D eigenvalue weighted by Crippen LogP contribution is -2.47. The van der Waals surface area contributed by atoms with Crippen molar-refractivity contribution in [3.8, 4) is 6.07 Å². The summed E-state index contributed by atoms with van der Waals surface area (Å²) < 4.78 is 60.0. The summed E-state index contributed by atoms with van der Waals surface area (Å²) in [5, 5.41) is 8.86. The fraction of sp³-hybridized carbons (Fsp3) is 0.960. The largest absolute Gasteiger partial charge is 0.378 e. The standard InChI is InChI=1S/C25H51N2O6P/c1-8-14-28-20-25(31-16-10-3,21-29-15-9-2)22-30-17-12-19-33-34(32-18-11-13-26)27(23(4)5)24(6)7/h23-24H,8-12,14-22H2,1-7H3/i1D,2D,3D. The van der Waals surface area contributed by atoms with Gasteiger partial charge >= 0.3 is 0 Å².